The lowest BCUT2D eigenvalue weighted by Gasteiger charge is -2.22. The van der Waals surface area contributed by atoms with Gasteiger partial charge in [0, 0.05) is 30.5 Å². The van der Waals surface area contributed by atoms with Gasteiger partial charge in [-0.3, -0.25) is 0 Å². The highest BCUT2D eigenvalue weighted by atomic mass is 32.1. The van der Waals surface area contributed by atoms with Crippen LogP contribution in [0.25, 0.3) is 0 Å². The molecule has 7 heteroatoms. The lowest BCUT2D eigenvalue weighted by atomic mass is 10.1. The molecule has 84 valence electrons. The Labute approximate surface area is 92.6 Å². The van der Waals surface area contributed by atoms with E-state index in [1.54, 1.807) is 0 Å². The van der Waals surface area contributed by atoms with E-state index in [0.717, 1.165) is 11.7 Å². The van der Waals surface area contributed by atoms with Gasteiger partial charge in [-0.25, -0.2) is 4.98 Å². The van der Waals surface area contributed by atoms with Crippen molar-refractivity contribution in [2.24, 2.45) is 16.8 Å². The standard InChI is InChI=1S/C8H15N5OS/c1-3-13(8-10-5-11-15-8)4-6(2)7(9)12-14/h5-6,14H,3-4H2,1-2H3,(H2,9,12). The largest absolute Gasteiger partial charge is 0.409 e. The fourth-order valence-corrected chi connectivity index (χ4v) is 1.77. The average molecular weight is 229 g/mol. The second-order valence-electron chi connectivity index (χ2n) is 3.19. The summed E-state index contributed by atoms with van der Waals surface area (Å²) in [7, 11) is 0. The predicted molar refractivity (Wildman–Crippen MR) is 60.4 cm³/mol. The summed E-state index contributed by atoms with van der Waals surface area (Å²) in [6.07, 6.45) is 1.52. The van der Waals surface area contributed by atoms with Crippen LogP contribution in [-0.2, 0) is 0 Å². The number of hydrogen-bond acceptors (Lipinski definition) is 6. The normalized spacial score (nSPS) is 13.9. The van der Waals surface area contributed by atoms with Gasteiger partial charge in [0.25, 0.3) is 0 Å². The number of nitrogens with two attached hydrogens (primary N) is 1. The minimum absolute atomic E-state index is 0.0150. The molecule has 0 spiro atoms. The third-order valence-corrected chi connectivity index (χ3v) is 2.84. The second kappa shape index (κ2) is 5.50. The number of oxime groups is 1. The van der Waals surface area contributed by atoms with Gasteiger partial charge in [-0.1, -0.05) is 12.1 Å². The maximum atomic E-state index is 8.54. The molecule has 1 aromatic heterocycles. The minimum Gasteiger partial charge on any atom is -0.409 e. The van der Waals surface area contributed by atoms with E-state index < -0.39 is 0 Å². The number of hydrogen-bond donors (Lipinski definition) is 2. The van der Waals surface area contributed by atoms with Crippen molar-refractivity contribution >= 4 is 22.5 Å². The third kappa shape index (κ3) is 3.05. The molecule has 0 aromatic carbocycles. The Hall–Kier alpha value is -1.37. The molecule has 0 amide bonds. The van der Waals surface area contributed by atoms with Crippen molar-refractivity contribution in [2.45, 2.75) is 13.8 Å². The molecule has 1 heterocycles. The molecule has 3 N–H and O–H groups in total. The van der Waals surface area contributed by atoms with Crippen LogP contribution in [0.1, 0.15) is 13.8 Å². The smallest absolute Gasteiger partial charge is 0.204 e. The lowest BCUT2D eigenvalue weighted by Crippen LogP contribution is -2.34. The molecular formula is C8H15N5OS. The van der Waals surface area contributed by atoms with Crippen LogP contribution in [0.4, 0.5) is 5.13 Å². The molecule has 0 bridgehead atoms. The van der Waals surface area contributed by atoms with E-state index >= 15 is 0 Å². The Kier molecular flexibility index (Phi) is 4.29. The van der Waals surface area contributed by atoms with E-state index in [1.807, 2.05) is 18.7 Å². The Morgan fingerprint density at radius 2 is 2.53 bits per heavy atom. The van der Waals surface area contributed by atoms with E-state index in [1.165, 1.54) is 17.9 Å². The quantitative estimate of drug-likeness (QED) is 0.336. The first-order chi connectivity index (χ1) is 7.19. The van der Waals surface area contributed by atoms with Crippen molar-refractivity contribution in [1.29, 1.82) is 0 Å². The first kappa shape index (κ1) is 11.7. The summed E-state index contributed by atoms with van der Waals surface area (Å²) in [5.74, 6) is 0.219. The molecular weight excluding hydrogens is 214 g/mol. The van der Waals surface area contributed by atoms with E-state index in [-0.39, 0.29) is 11.8 Å². The summed E-state index contributed by atoms with van der Waals surface area (Å²) in [5, 5.41) is 12.4. The predicted octanol–water partition coefficient (Wildman–Crippen LogP) is 0.747. The van der Waals surface area contributed by atoms with Crippen LogP contribution in [0, 0.1) is 5.92 Å². The maximum absolute atomic E-state index is 8.54. The molecule has 0 radical (unpaired) electrons. The van der Waals surface area contributed by atoms with Crippen molar-refractivity contribution in [1.82, 2.24) is 9.36 Å². The summed E-state index contributed by atoms with van der Waals surface area (Å²) in [4.78, 5) is 6.16. The Balaban J connectivity index is 2.62. The third-order valence-electron chi connectivity index (χ3n) is 2.12. The fourth-order valence-electron chi connectivity index (χ4n) is 1.17. The van der Waals surface area contributed by atoms with Gasteiger partial charge in [-0.2, -0.15) is 4.37 Å². The van der Waals surface area contributed by atoms with Crippen molar-refractivity contribution in [3.05, 3.63) is 6.33 Å². The summed E-state index contributed by atoms with van der Waals surface area (Å²) in [6, 6.07) is 0. The summed E-state index contributed by atoms with van der Waals surface area (Å²) >= 11 is 1.34. The molecule has 6 nitrogen and oxygen atoms in total. The minimum atomic E-state index is -0.0150. The second-order valence-corrected chi connectivity index (χ2v) is 3.95. The van der Waals surface area contributed by atoms with Crippen LogP contribution >= 0.6 is 11.5 Å². The zero-order valence-corrected chi connectivity index (χ0v) is 9.61. The molecule has 15 heavy (non-hydrogen) atoms. The van der Waals surface area contributed by atoms with Gasteiger partial charge in [0.05, 0.1) is 0 Å². The number of rotatable bonds is 5. The van der Waals surface area contributed by atoms with Gasteiger partial charge < -0.3 is 15.8 Å². The monoisotopic (exact) mass is 229 g/mol. The van der Waals surface area contributed by atoms with Crippen LogP contribution in [0.5, 0.6) is 0 Å². The van der Waals surface area contributed by atoms with Gasteiger partial charge in [0.1, 0.15) is 12.2 Å². The lowest BCUT2D eigenvalue weighted by molar-refractivity contribution is 0.314. The fraction of sp³-hybridized carbons (Fsp3) is 0.625. The van der Waals surface area contributed by atoms with E-state index in [9.17, 15) is 0 Å². The van der Waals surface area contributed by atoms with Crippen molar-refractivity contribution < 1.29 is 5.21 Å². The summed E-state index contributed by atoms with van der Waals surface area (Å²) in [6.45, 7) is 5.42. The molecule has 0 saturated carbocycles. The van der Waals surface area contributed by atoms with E-state index in [2.05, 4.69) is 14.5 Å². The summed E-state index contributed by atoms with van der Waals surface area (Å²) in [5.41, 5.74) is 5.51. The number of amidine groups is 1. The van der Waals surface area contributed by atoms with E-state index in [0.29, 0.717) is 6.54 Å². The van der Waals surface area contributed by atoms with Gasteiger partial charge in [0.15, 0.2) is 0 Å². The highest BCUT2D eigenvalue weighted by molar-refractivity contribution is 7.09. The topological polar surface area (TPSA) is 87.6 Å². The van der Waals surface area contributed by atoms with Crippen molar-refractivity contribution in [2.75, 3.05) is 18.0 Å². The molecule has 1 unspecified atom stereocenters. The zero-order valence-electron chi connectivity index (χ0n) is 8.79. The highest BCUT2D eigenvalue weighted by Gasteiger charge is 2.14. The average Bonchev–Trinajstić information content (AvgIpc) is 2.77. The van der Waals surface area contributed by atoms with Crippen LogP contribution in [0.3, 0.4) is 0 Å². The zero-order chi connectivity index (χ0) is 11.3. The van der Waals surface area contributed by atoms with Crippen LogP contribution in [0.15, 0.2) is 11.5 Å². The maximum Gasteiger partial charge on any atom is 0.204 e. The van der Waals surface area contributed by atoms with Gasteiger partial charge >= 0.3 is 0 Å². The molecule has 1 aromatic rings. The van der Waals surface area contributed by atoms with Crippen molar-refractivity contribution in [3.8, 4) is 0 Å². The first-order valence-electron chi connectivity index (χ1n) is 4.68. The highest BCUT2D eigenvalue weighted by Crippen LogP contribution is 2.15. The van der Waals surface area contributed by atoms with Crippen LogP contribution in [0.2, 0.25) is 0 Å². The van der Waals surface area contributed by atoms with E-state index in [4.69, 9.17) is 10.9 Å². The van der Waals surface area contributed by atoms with Crippen LogP contribution in [-0.4, -0.2) is 33.5 Å². The Morgan fingerprint density at radius 1 is 1.80 bits per heavy atom. The molecule has 0 fully saturated rings. The SMILES string of the molecule is CCN(CC(C)C(N)=NO)c1ncns1. The van der Waals surface area contributed by atoms with Gasteiger partial charge in [0.2, 0.25) is 5.13 Å². The van der Waals surface area contributed by atoms with Crippen molar-refractivity contribution in [3.63, 3.8) is 0 Å². The van der Waals surface area contributed by atoms with Gasteiger partial charge in [-0.15, -0.1) is 0 Å². The van der Waals surface area contributed by atoms with Crippen LogP contribution < -0.4 is 10.6 Å². The molecule has 0 saturated heterocycles. The molecule has 1 rings (SSSR count). The molecule has 1 atom stereocenters. The first-order valence-corrected chi connectivity index (χ1v) is 5.45. The molecule has 0 aliphatic carbocycles. The Bertz CT molecular complexity index is 313. The number of anilines is 1. The van der Waals surface area contributed by atoms with Gasteiger partial charge in [-0.05, 0) is 6.92 Å². The summed E-state index contributed by atoms with van der Waals surface area (Å²) < 4.78 is 3.94. The molecule has 0 aliphatic heterocycles. The number of nitrogens with zero attached hydrogens (tertiary/aromatic N) is 4. The molecule has 0 aliphatic rings. The number of aromatic nitrogens is 2. The Morgan fingerprint density at radius 3 is 3.00 bits per heavy atom.